The fourth-order valence-corrected chi connectivity index (χ4v) is 2.50. The van der Waals surface area contributed by atoms with Gasteiger partial charge in [0.2, 0.25) is 0 Å². The van der Waals surface area contributed by atoms with Gasteiger partial charge in [-0.1, -0.05) is 30.3 Å². The van der Waals surface area contributed by atoms with E-state index in [1.54, 1.807) is 6.07 Å². The summed E-state index contributed by atoms with van der Waals surface area (Å²) in [5, 5.41) is 6.77. The number of hydrazine groups is 1. The van der Waals surface area contributed by atoms with Crippen LogP contribution in [0.2, 0.25) is 0 Å². The van der Waals surface area contributed by atoms with Crippen molar-refractivity contribution in [2.24, 2.45) is 5.84 Å². The van der Waals surface area contributed by atoms with Crippen molar-refractivity contribution in [2.75, 3.05) is 6.61 Å². The molecule has 0 unspecified atom stereocenters. The van der Waals surface area contributed by atoms with Crippen LogP contribution in [0.25, 0.3) is 11.3 Å². The van der Waals surface area contributed by atoms with Gasteiger partial charge in [-0.2, -0.15) is 5.10 Å². The van der Waals surface area contributed by atoms with E-state index in [0.717, 1.165) is 24.2 Å². The number of carbonyl (C=O) groups excluding carboxylic acids is 1. The Kier molecular flexibility index (Phi) is 5.43. The minimum absolute atomic E-state index is 0.318. The van der Waals surface area contributed by atoms with Crippen molar-refractivity contribution in [3.8, 4) is 17.0 Å². The van der Waals surface area contributed by atoms with E-state index in [1.165, 1.54) is 5.56 Å². The quantitative estimate of drug-likeness (QED) is 0.268. The Labute approximate surface area is 146 Å². The van der Waals surface area contributed by atoms with Crippen molar-refractivity contribution in [3.05, 3.63) is 71.9 Å². The molecule has 3 rings (SSSR count). The summed E-state index contributed by atoms with van der Waals surface area (Å²) in [6, 6.07) is 19.6. The van der Waals surface area contributed by atoms with Crippen LogP contribution in [0.3, 0.4) is 0 Å². The molecule has 4 N–H and O–H groups in total. The minimum atomic E-state index is -0.405. The highest BCUT2D eigenvalue weighted by atomic mass is 16.5. The zero-order valence-corrected chi connectivity index (χ0v) is 13.7. The normalized spacial score (nSPS) is 10.4. The Morgan fingerprint density at radius 2 is 1.88 bits per heavy atom. The molecule has 1 heterocycles. The Morgan fingerprint density at radius 1 is 1.12 bits per heavy atom. The molecule has 0 radical (unpaired) electrons. The summed E-state index contributed by atoms with van der Waals surface area (Å²) in [6.07, 6.45) is 1.96. The molecule has 6 heteroatoms. The molecule has 0 aliphatic rings. The topological polar surface area (TPSA) is 93.0 Å². The largest absolute Gasteiger partial charge is 0.494 e. The van der Waals surface area contributed by atoms with Crippen molar-refractivity contribution in [3.63, 3.8) is 0 Å². The van der Waals surface area contributed by atoms with Crippen LogP contribution in [0.1, 0.15) is 22.5 Å². The van der Waals surface area contributed by atoms with Crippen molar-refractivity contribution in [2.45, 2.75) is 12.8 Å². The number of nitrogens with zero attached hydrogens (tertiary/aromatic N) is 1. The Morgan fingerprint density at radius 3 is 2.60 bits per heavy atom. The number of nitrogens with one attached hydrogen (secondary N) is 2. The fraction of sp³-hybridized carbons (Fsp3) is 0.158. The van der Waals surface area contributed by atoms with Crippen LogP contribution in [0, 0.1) is 0 Å². The van der Waals surface area contributed by atoms with Gasteiger partial charge in [-0.3, -0.25) is 15.3 Å². The lowest BCUT2D eigenvalue weighted by Gasteiger charge is -2.07. The second kappa shape index (κ2) is 8.12. The molecule has 0 aliphatic carbocycles. The lowest BCUT2D eigenvalue weighted by molar-refractivity contribution is 0.0948. The highest BCUT2D eigenvalue weighted by molar-refractivity contribution is 5.92. The van der Waals surface area contributed by atoms with Crippen molar-refractivity contribution in [1.29, 1.82) is 0 Å². The fourth-order valence-electron chi connectivity index (χ4n) is 2.50. The number of hydrogen-bond donors (Lipinski definition) is 3. The number of amides is 1. The number of nitrogen functional groups attached to an aromatic ring is 1. The van der Waals surface area contributed by atoms with Gasteiger partial charge >= 0.3 is 0 Å². The summed E-state index contributed by atoms with van der Waals surface area (Å²) in [4.78, 5) is 11.4. The number of ether oxygens (including phenoxy) is 1. The third kappa shape index (κ3) is 4.45. The van der Waals surface area contributed by atoms with Gasteiger partial charge in [0.15, 0.2) is 0 Å². The first-order valence-corrected chi connectivity index (χ1v) is 8.10. The van der Waals surface area contributed by atoms with Crippen LogP contribution in [0.15, 0.2) is 60.7 Å². The molecular weight excluding hydrogens is 316 g/mol. The predicted molar refractivity (Wildman–Crippen MR) is 95.9 cm³/mol. The van der Waals surface area contributed by atoms with E-state index < -0.39 is 5.91 Å². The van der Waals surface area contributed by atoms with E-state index in [0.29, 0.717) is 18.0 Å². The summed E-state index contributed by atoms with van der Waals surface area (Å²) in [6.45, 7) is 0.664. The number of carbonyl (C=O) groups is 1. The molecule has 0 aliphatic heterocycles. The standard InChI is InChI=1S/C19H20N4O2/c20-21-19(24)18-13-17(22-23-18)15-8-10-16(11-9-15)25-12-4-7-14-5-2-1-3-6-14/h1-3,5-6,8-11,13H,4,7,12,20H2,(H,21,24)(H,22,23). The smallest absolute Gasteiger partial charge is 0.283 e. The molecule has 0 saturated heterocycles. The van der Waals surface area contributed by atoms with Gasteiger partial charge < -0.3 is 4.74 Å². The molecule has 3 aromatic rings. The summed E-state index contributed by atoms with van der Waals surface area (Å²) in [5.74, 6) is 5.51. The zero-order chi connectivity index (χ0) is 17.5. The second-order valence-corrected chi connectivity index (χ2v) is 5.60. The Bertz CT molecular complexity index is 813. The number of hydrogen-bond acceptors (Lipinski definition) is 4. The molecule has 0 fully saturated rings. The van der Waals surface area contributed by atoms with E-state index in [4.69, 9.17) is 10.6 Å². The minimum Gasteiger partial charge on any atom is -0.494 e. The Hall–Kier alpha value is -3.12. The number of H-pyrrole nitrogens is 1. The number of benzene rings is 2. The van der Waals surface area contributed by atoms with Gasteiger partial charge in [0.25, 0.3) is 5.91 Å². The first kappa shape index (κ1) is 16.7. The number of aromatic nitrogens is 2. The molecule has 6 nitrogen and oxygen atoms in total. The van der Waals surface area contributed by atoms with Crippen LogP contribution in [-0.2, 0) is 6.42 Å². The van der Waals surface area contributed by atoms with Crippen LogP contribution in [-0.4, -0.2) is 22.7 Å². The zero-order valence-electron chi connectivity index (χ0n) is 13.7. The maximum absolute atomic E-state index is 11.4. The summed E-state index contributed by atoms with van der Waals surface area (Å²) in [7, 11) is 0. The van der Waals surface area contributed by atoms with Crippen LogP contribution in [0.4, 0.5) is 0 Å². The summed E-state index contributed by atoms with van der Waals surface area (Å²) < 4.78 is 5.77. The molecule has 0 saturated carbocycles. The monoisotopic (exact) mass is 336 g/mol. The summed E-state index contributed by atoms with van der Waals surface area (Å²) in [5.41, 5.74) is 5.27. The average molecular weight is 336 g/mol. The van der Waals surface area contributed by atoms with Crippen molar-refractivity contribution in [1.82, 2.24) is 15.6 Å². The van der Waals surface area contributed by atoms with E-state index in [-0.39, 0.29) is 0 Å². The molecule has 1 aromatic heterocycles. The van der Waals surface area contributed by atoms with Crippen LogP contribution < -0.4 is 16.0 Å². The van der Waals surface area contributed by atoms with E-state index in [1.807, 2.05) is 42.5 Å². The lowest BCUT2D eigenvalue weighted by Crippen LogP contribution is -2.30. The van der Waals surface area contributed by atoms with Crippen LogP contribution >= 0.6 is 0 Å². The number of aromatic amines is 1. The SMILES string of the molecule is NNC(=O)c1cc(-c2ccc(OCCCc3ccccc3)cc2)n[nH]1. The summed E-state index contributed by atoms with van der Waals surface area (Å²) >= 11 is 0. The third-order valence-electron chi connectivity index (χ3n) is 3.83. The highest BCUT2D eigenvalue weighted by Gasteiger charge is 2.09. The second-order valence-electron chi connectivity index (χ2n) is 5.60. The number of nitrogens with two attached hydrogens (primary N) is 1. The average Bonchev–Trinajstić information content (AvgIpc) is 3.16. The van der Waals surface area contributed by atoms with Gasteiger partial charge in [-0.25, -0.2) is 5.84 Å². The molecule has 2 aromatic carbocycles. The van der Waals surface area contributed by atoms with E-state index in [2.05, 4.69) is 27.8 Å². The molecule has 0 bridgehead atoms. The van der Waals surface area contributed by atoms with Gasteiger partial charge in [0.1, 0.15) is 11.4 Å². The van der Waals surface area contributed by atoms with Crippen LogP contribution in [0.5, 0.6) is 5.75 Å². The number of aryl methyl sites for hydroxylation is 1. The van der Waals surface area contributed by atoms with Gasteiger partial charge in [0, 0.05) is 5.56 Å². The highest BCUT2D eigenvalue weighted by Crippen LogP contribution is 2.21. The van der Waals surface area contributed by atoms with Gasteiger partial charge in [-0.05, 0) is 48.7 Å². The predicted octanol–water partition coefficient (Wildman–Crippen LogP) is 2.69. The molecule has 0 spiro atoms. The first-order chi connectivity index (χ1) is 12.3. The maximum atomic E-state index is 11.4. The first-order valence-electron chi connectivity index (χ1n) is 8.10. The van der Waals surface area contributed by atoms with Gasteiger partial charge in [-0.15, -0.1) is 0 Å². The number of rotatable bonds is 7. The van der Waals surface area contributed by atoms with E-state index in [9.17, 15) is 4.79 Å². The molecule has 25 heavy (non-hydrogen) atoms. The molecule has 128 valence electrons. The molecule has 1 amide bonds. The maximum Gasteiger partial charge on any atom is 0.283 e. The molecular formula is C19H20N4O2. The molecule has 0 atom stereocenters. The van der Waals surface area contributed by atoms with Crippen molar-refractivity contribution >= 4 is 5.91 Å². The van der Waals surface area contributed by atoms with E-state index >= 15 is 0 Å². The van der Waals surface area contributed by atoms with Crippen molar-refractivity contribution < 1.29 is 9.53 Å². The third-order valence-corrected chi connectivity index (χ3v) is 3.83. The van der Waals surface area contributed by atoms with Gasteiger partial charge in [0.05, 0.1) is 12.3 Å². The Balaban J connectivity index is 1.52. The lowest BCUT2D eigenvalue weighted by atomic mass is 10.1.